The molecule has 1 aliphatic heterocycles. The van der Waals surface area contributed by atoms with Crippen molar-refractivity contribution in [1.29, 1.82) is 0 Å². The number of anilines is 1. The van der Waals surface area contributed by atoms with Crippen LogP contribution < -0.4 is 16.0 Å². The first-order chi connectivity index (χ1) is 13.7. The normalized spacial score (nSPS) is 18.3. The molecule has 2 heterocycles. The highest BCUT2D eigenvalue weighted by Crippen LogP contribution is 2.48. The number of nitrogens with one attached hydrogen (secondary N) is 3. The molecule has 0 radical (unpaired) electrons. The number of ether oxygens (including phenoxy) is 1. The van der Waals surface area contributed by atoms with Crippen LogP contribution in [0.2, 0.25) is 5.02 Å². The zero-order valence-corrected chi connectivity index (χ0v) is 17.7. The molecular weight excluding hydrogens is 394 g/mol. The Morgan fingerprint density at radius 3 is 2.72 bits per heavy atom. The van der Waals surface area contributed by atoms with Gasteiger partial charge < -0.3 is 25.1 Å². The minimum Gasteiger partial charge on any atom is -0.450 e. The number of hydrogen-bond donors (Lipinski definition) is 3. The Morgan fingerprint density at radius 1 is 1.31 bits per heavy atom. The van der Waals surface area contributed by atoms with E-state index in [1.165, 1.54) is 0 Å². The molecule has 4 rings (SSSR count). The second kappa shape index (κ2) is 7.22. The molecule has 1 aliphatic carbocycles. The summed E-state index contributed by atoms with van der Waals surface area (Å²) in [5.41, 5.74) is 0.941. The van der Waals surface area contributed by atoms with E-state index in [1.807, 2.05) is 13.8 Å². The number of methoxy groups -OCH3 is 1. The zero-order chi connectivity index (χ0) is 20.8. The van der Waals surface area contributed by atoms with Crippen LogP contribution in [0.25, 0.3) is 11.0 Å². The Kier molecular flexibility index (Phi) is 4.99. The lowest BCUT2D eigenvalue weighted by molar-refractivity contribution is 0.0795. The third kappa shape index (κ3) is 3.57. The van der Waals surface area contributed by atoms with Crippen molar-refractivity contribution in [3.63, 3.8) is 0 Å². The van der Waals surface area contributed by atoms with Gasteiger partial charge in [0.05, 0.1) is 28.4 Å². The van der Waals surface area contributed by atoms with Crippen LogP contribution in [0.1, 0.15) is 62.1 Å². The quantitative estimate of drug-likeness (QED) is 0.678. The van der Waals surface area contributed by atoms with Crippen molar-refractivity contribution >= 4 is 40.2 Å². The largest absolute Gasteiger partial charge is 0.450 e. The van der Waals surface area contributed by atoms with Gasteiger partial charge in [0.1, 0.15) is 5.58 Å². The fraction of sp³-hybridized carbons (Fsp3) is 0.524. The lowest BCUT2D eigenvalue weighted by atomic mass is 9.74. The number of urea groups is 1. The molecule has 1 aromatic carbocycles. The van der Waals surface area contributed by atoms with Crippen LogP contribution in [0.5, 0.6) is 0 Å². The Morgan fingerprint density at radius 2 is 2.03 bits per heavy atom. The van der Waals surface area contributed by atoms with Gasteiger partial charge in [0.2, 0.25) is 0 Å². The molecule has 1 saturated carbocycles. The van der Waals surface area contributed by atoms with Gasteiger partial charge in [-0.05, 0) is 38.8 Å². The third-order valence-electron chi connectivity index (χ3n) is 5.72. The van der Waals surface area contributed by atoms with E-state index in [-0.39, 0.29) is 17.7 Å². The number of carbonyl (C=O) groups excluding carboxylic acids is 2. The van der Waals surface area contributed by atoms with Crippen molar-refractivity contribution in [2.45, 2.75) is 57.0 Å². The standard InChI is InChI=1S/C21H26ClN3O4/c1-20(2,11-28-3)24-18(26)14-10-12-9-13(22)16-15(17(12)29-14)21(25-19(27)23-16)7-5-4-6-8-21/h9-10H,4-8,11H2,1-3H3,(H,24,26)(H2,23,25,27). The van der Waals surface area contributed by atoms with Crippen molar-refractivity contribution in [3.8, 4) is 0 Å². The highest BCUT2D eigenvalue weighted by Gasteiger charge is 2.44. The lowest BCUT2D eigenvalue weighted by Crippen LogP contribution is -2.52. The predicted molar refractivity (Wildman–Crippen MR) is 112 cm³/mol. The Hall–Kier alpha value is -2.25. The van der Waals surface area contributed by atoms with Gasteiger partial charge in [-0.3, -0.25) is 4.79 Å². The van der Waals surface area contributed by atoms with Crippen LogP contribution in [0.4, 0.5) is 10.5 Å². The van der Waals surface area contributed by atoms with E-state index in [0.29, 0.717) is 22.9 Å². The number of rotatable bonds is 4. The molecule has 156 valence electrons. The number of amides is 3. The summed E-state index contributed by atoms with van der Waals surface area (Å²) in [6, 6.07) is 3.18. The maximum absolute atomic E-state index is 12.8. The van der Waals surface area contributed by atoms with E-state index < -0.39 is 11.1 Å². The molecule has 2 aromatic rings. The van der Waals surface area contributed by atoms with Crippen LogP contribution >= 0.6 is 11.6 Å². The number of fused-ring (bicyclic) bond motifs is 4. The molecule has 7 nitrogen and oxygen atoms in total. The summed E-state index contributed by atoms with van der Waals surface area (Å²) in [6.45, 7) is 4.14. The molecule has 1 fully saturated rings. The number of benzene rings is 1. The Labute approximate surface area is 174 Å². The minimum atomic E-state index is -0.540. The Bertz CT molecular complexity index is 976. The monoisotopic (exact) mass is 419 g/mol. The fourth-order valence-electron chi connectivity index (χ4n) is 4.56. The van der Waals surface area contributed by atoms with Gasteiger partial charge in [-0.2, -0.15) is 0 Å². The summed E-state index contributed by atoms with van der Waals surface area (Å²) in [5.74, 6) is -0.116. The van der Waals surface area contributed by atoms with Crippen LogP contribution in [-0.2, 0) is 10.3 Å². The van der Waals surface area contributed by atoms with Crippen molar-refractivity contribution in [3.05, 3.63) is 28.5 Å². The first kappa shape index (κ1) is 20.0. The summed E-state index contributed by atoms with van der Waals surface area (Å²) < 4.78 is 11.2. The van der Waals surface area contributed by atoms with E-state index in [2.05, 4.69) is 16.0 Å². The maximum atomic E-state index is 12.8. The molecule has 8 heteroatoms. The topological polar surface area (TPSA) is 92.6 Å². The molecular formula is C21H26ClN3O4. The molecule has 3 N–H and O–H groups in total. The SMILES string of the molecule is COCC(C)(C)NC(=O)c1cc2cc(Cl)c3c(c2o1)C1(CCCCC1)NC(=O)N3. The second-order valence-corrected chi connectivity index (χ2v) is 9.04. The van der Waals surface area contributed by atoms with Crippen molar-refractivity contribution in [2.75, 3.05) is 19.0 Å². The van der Waals surface area contributed by atoms with Crippen molar-refractivity contribution in [1.82, 2.24) is 10.6 Å². The molecule has 1 spiro atoms. The molecule has 2 aliphatic rings. The van der Waals surface area contributed by atoms with E-state index in [4.69, 9.17) is 20.8 Å². The summed E-state index contributed by atoms with van der Waals surface area (Å²) >= 11 is 6.52. The highest BCUT2D eigenvalue weighted by molar-refractivity contribution is 6.35. The van der Waals surface area contributed by atoms with Crippen LogP contribution in [0.15, 0.2) is 16.5 Å². The van der Waals surface area contributed by atoms with Gasteiger partial charge >= 0.3 is 6.03 Å². The first-order valence-electron chi connectivity index (χ1n) is 9.92. The fourth-order valence-corrected chi connectivity index (χ4v) is 4.82. The molecule has 29 heavy (non-hydrogen) atoms. The van der Waals surface area contributed by atoms with Gasteiger partial charge in [-0.15, -0.1) is 0 Å². The number of furan rings is 1. The summed E-state index contributed by atoms with van der Waals surface area (Å²) in [6.07, 6.45) is 4.77. The summed E-state index contributed by atoms with van der Waals surface area (Å²) in [5, 5.41) is 10.1. The average molecular weight is 420 g/mol. The van der Waals surface area contributed by atoms with Crippen LogP contribution in [0, 0.1) is 0 Å². The number of halogens is 1. The number of hydrogen-bond acceptors (Lipinski definition) is 4. The van der Waals surface area contributed by atoms with Crippen molar-refractivity contribution < 1.29 is 18.7 Å². The van der Waals surface area contributed by atoms with Gasteiger partial charge in [0.15, 0.2) is 5.76 Å². The zero-order valence-electron chi connectivity index (χ0n) is 16.9. The molecule has 0 saturated heterocycles. The van der Waals surface area contributed by atoms with Crippen LogP contribution in [-0.4, -0.2) is 31.2 Å². The third-order valence-corrected chi connectivity index (χ3v) is 6.01. The van der Waals surface area contributed by atoms with Gasteiger partial charge in [0.25, 0.3) is 5.91 Å². The average Bonchev–Trinajstić information content (AvgIpc) is 3.05. The van der Waals surface area contributed by atoms with Gasteiger partial charge in [-0.25, -0.2) is 4.79 Å². The molecule has 3 amide bonds. The maximum Gasteiger partial charge on any atom is 0.319 e. The summed E-state index contributed by atoms with van der Waals surface area (Å²) in [4.78, 5) is 25.1. The second-order valence-electron chi connectivity index (χ2n) is 8.63. The minimum absolute atomic E-state index is 0.205. The molecule has 0 atom stereocenters. The predicted octanol–water partition coefficient (Wildman–Crippen LogP) is 4.54. The lowest BCUT2D eigenvalue weighted by Gasteiger charge is -2.42. The number of carbonyl (C=O) groups is 2. The van der Waals surface area contributed by atoms with Gasteiger partial charge in [0, 0.05) is 18.1 Å². The summed E-state index contributed by atoms with van der Waals surface area (Å²) in [7, 11) is 1.59. The molecule has 0 bridgehead atoms. The smallest absolute Gasteiger partial charge is 0.319 e. The molecule has 1 aromatic heterocycles. The van der Waals surface area contributed by atoms with E-state index in [1.54, 1.807) is 19.2 Å². The highest BCUT2D eigenvalue weighted by atomic mass is 35.5. The Balaban J connectivity index is 1.81. The van der Waals surface area contributed by atoms with Gasteiger partial charge in [-0.1, -0.05) is 30.9 Å². The van der Waals surface area contributed by atoms with E-state index in [9.17, 15) is 9.59 Å². The first-order valence-corrected chi connectivity index (χ1v) is 10.3. The van der Waals surface area contributed by atoms with E-state index >= 15 is 0 Å². The van der Waals surface area contributed by atoms with E-state index in [0.717, 1.165) is 43.1 Å². The van der Waals surface area contributed by atoms with Crippen molar-refractivity contribution in [2.24, 2.45) is 0 Å². The van der Waals surface area contributed by atoms with Crippen LogP contribution in [0.3, 0.4) is 0 Å². The molecule has 0 unspecified atom stereocenters.